The summed E-state index contributed by atoms with van der Waals surface area (Å²) in [6, 6.07) is 8.71. The molecule has 1 saturated carbocycles. The van der Waals surface area contributed by atoms with Gasteiger partial charge in [0.2, 0.25) is 0 Å². The molecule has 15 heavy (non-hydrogen) atoms. The van der Waals surface area contributed by atoms with Crippen molar-refractivity contribution in [1.29, 1.82) is 0 Å². The van der Waals surface area contributed by atoms with Crippen LogP contribution in [0.25, 0.3) is 0 Å². The quantitative estimate of drug-likeness (QED) is 0.696. The molecule has 0 unspecified atom stereocenters. The molecule has 0 aliphatic heterocycles. The number of benzene rings is 1. The van der Waals surface area contributed by atoms with Crippen LogP contribution in [0.15, 0.2) is 28.7 Å². The van der Waals surface area contributed by atoms with E-state index in [1.165, 1.54) is 42.1 Å². The molecule has 1 aliphatic rings. The van der Waals surface area contributed by atoms with E-state index in [9.17, 15) is 0 Å². The Morgan fingerprint density at radius 1 is 1.13 bits per heavy atom. The highest BCUT2D eigenvalue weighted by atomic mass is 79.9. The van der Waals surface area contributed by atoms with E-state index in [1.807, 2.05) is 0 Å². The fourth-order valence-electron chi connectivity index (χ4n) is 2.69. The Balaban J connectivity index is 2.04. The molecule has 1 aliphatic carbocycles. The van der Waals surface area contributed by atoms with Crippen molar-refractivity contribution in [1.82, 2.24) is 0 Å². The summed E-state index contributed by atoms with van der Waals surface area (Å²) in [5.74, 6) is 1.78. The predicted octanol–water partition coefficient (Wildman–Crippen LogP) is 5.13. The lowest BCUT2D eigenvalue weighted by atomic mass is 9.78. The van der Waals surface area contributed by atoms with E-state index in [4.69, 9.17) is 0 Å². The molecule has 0 N–H and O–H groups in total. The highest BCUT2D eigenvalue weighted by Crippen LogP contribution is 2.39. The van der Waals surface area contributed by atoms with Crippen LogP contribution in [0, 0.1) is 5.92 Å². The van der Waals surface area contributed by atoms with E-state index in [2.05, 4.69) is 47.1 Å². The Morgan fingerprint density at radius 3 is 2.40 bits per heavy atom. The SMILES string of the molecule is CCC1CCC(c2ccccc2Br)CC1. The monoisotopic (exact) mass is 266 g/mol. The van der Waals surface area contributed by atoms with Crippen molar-refractivity contribution in [3.05, 3.63) is 34.3 Å². The Kier molecular flexibility index (Phi) is 3.85. The van der Waals surface area contributed by atoms with Crippen molar-refractivity contribution in [2.24, 2.45) is 5.92 Å². The van der Waals surface area contributed by atoms with E-state index in [0.717, 1.165) is 11.8 Å². The van der Waals surface area contributed by atoms with Gasteiger partial charge in [-0.05, 0) is 49.1 Å². The zero-order valence-corrected chi connectivity index (χ0v) is 11.0. The summed E-state index contributed by atoms with van der Waals surface area (Å²) in [6.07, 6.45) is 6.95. The van der Waals surface area contributed by atoms with Gasteiger partial charge in [0, 0.05) is 4.47 Å². The summed E-state index contributed by atoms with van der Waals surface area (Å²) in [7, 11) is 0. The van der Waals surface area contributed by atoms with Gasteiger partial charge in [0.1, 0.15) is 0 Å². The maximum Gasteiger partial charge on any atom is 0.0210 e. The summed E-state index contributed by atoms with van der Waals surface area (Å²) in [6.45, 7) is 2.32. The number of hydrogen-bond acceptors (Lipinski definition) is 0. The fourth-order valence-corrected chi connectivity index (χ4v) is 3.30. The van der Waals surface area contributed by atoms with Crippen LogP contribution in [0.5, 0.6) is 0 Å². The van der Waals surface area contributed by atoms with Gasteiger partial charge in [0.15, 0.2) is 0 Å². The molecular weight excluding hydrogens is 248 g/mol. The smallest absolute Gasteiger partial charge is 0.0210 e. The average molecular weight is 267 g/mol. The summed E-state index contributed by atoms with van der Waals surface area (Å²) >= 11 is 3.66. The van der Waals surface area contributed by atoms with Crippen LogP contribution in [-0.4, -0.2) is 0 Å². The third-order valence-corrected chi connectivity index (χ3v) is 4.49. The lowest BCUT2D eigenvalue weighted by Gasteiger charge is -2.28. The second-order valence-corrected chi connectivity index (χ2v) is 5.50. The highest BCUT2D eigenvalue weighted by Gasteiger charge is 2.22. The first-order chi connectivity index (χ1) is 7.31. The minimum atomic E-state index is 0.795. The van der Waals surface area contributed by atoms with E-state index >= 15 is 0 Å². The van der Waals surface area contributed by atoms with Crippen LogP contribution in [0.3, 0.4) is 0 Å². The van der Waals surface area contributed by atoms with Crippen molar-refractivity contribution < 1.29 is 0 Å². The zero-order valence-electron chi connectivity index (χ0n) is 9.38. The van der Waals surface area contributed by atoms with Gasteiger partial charge in [-0.15, -0.1) is 0 Å². The molecule has 1 aromatic rings. The summed E-state index contributed by atoms with van der Waals surface area (Å²) in [5.41, 5.74) is 1.52. The molecule has 0 heterocycles. The molecule has 2 rings (SSSR count). The lowest BCUT2D eigenvalue weighted by molar-refractivity contribution is 0.318. The van der Waals surface area contributed by atoms with Gasteiger partial charge in [-0.3, -0.25) is 0 Å². The number of rotatable bonds is 2. The van der Waals surface area contributed by atoms with Crippen molar-refractivity contribution in [3.63, 3.8) is 0 Å². The molecular formula is C14H19Br. The maximum atomic E-state index is 3.66. The third-order valence-electron chi connectivity index (χ3n) is 3.77. The lowest BCUT2D eigenvalue weighted by Crippen LogP contribution is -2.12. The van der Waals surface area contributed by atoms with Gasteiger partial charge in [0.05, 0.1) is 0 Å². The van der Waals surface area contributed by atoms with Gasteiger partial charge in [-0.2, -0.15) is 0 Å². The fraction of sp³-hybridized carbons (Fsp3) is 0.571. The summed E-state index contributed by atoms with van der Waals surface area (Å²) in [4.78, 5) is 0. The average Bonchev–Trinajstić information content (AvgIpc) is 2.30. The van der Waals surface area contributed by atoms with Crippen LogP contribution in [0.2, 0.25) is 0 Å². The van der Waals surface area contributed by atoms with Gasteiger partial charge in [-0.25, -0.2) is 0 Å². The molecule has 1 fully saturated rings. The van der Waals surface area contributed by atoms with E-state index in [-0.39, 0.29) is 0 Å². The summed E-state index contributed by atoms with van der Waals surface area (Å²) < 4.78 is 1.30. The van der Waals surface area contributed by atoms with Crippen LogP contribution in [-0.2, 0) is 0 Å². The Hall–Kier alpha value is -0.300. The van der Waals surface area contributed by atoms with Gasteiger partial charge < -0.3 is 0 Å². The molecule has 0 spiro atoms. The first kappa shape index (κ1) is 11.2. The van der Waals surface area contributed by atoms with Crippen LogP contribution >= 0.6 is 15.9 Å². The Bertz CT molecular complexity index is 311. The molecule has 0 bridgehead atoms. The third kappa shape index (κ3) is 2.63. The highest BCUT2D eigenvalue weighted by molar-refractivity contribution is 9.10. The van der Waals surface area contributed by atoms with Gasteiger partial charge >= 0.3 is 0 Å². The minimum absolute atomic E-state index is 0.795. The molecule has 82 valence electrons. The van der Waals surface area contributed by atoms with Crippen molar-refractivity contribution in [3.8, 4) is 0 Å². The largest absolute Gasteiger partial charge is 0.0651 e. The second-order valence-electron chi connectivity index (χ2n) is 4.65. The molecule has 0 saturated heterocycles. The first-order valence-electron chi connectivity index (χ1n) is 6.05. The predicted molar refractivity (Wildman–Crippen MR) is 69.1 cm³/mol. The zero-order chi connectivity index (χ0) is 10.7. The molecule has 0 aromatic heterocycles. The molecule has 1 aromatic carbocycles. The van der Waals surface area contributed by atoms with Crippen molar-refractivity contribution in [2.75, 3.05) is 0 Å². The normalized spacial score (nSPS) is 26.5. The topological polar surface area (TPSA) is 0 Å². The minimum Gasteiger partial charge on any atom is -0.0651 e. The van der Waals surface area contributed by atoms with E-state index in [1.54, 1.807) is 0 Å². The molecule has 0 radical (unpaired) electrons. The van der Waals surface area contributed by atoms with Crippen molar-refractivity contribution in [2.45, 2.75) is 44.9 Å². The number of halogens is 1. The van der Waals surface area contributed by atoms with Crippen LogP contribution in [0.4, 0.5) is 0 Å². The molecule has 1 heteroatoms. The van der Waals surface area contributed by atoms with Gasteiger partial charge in [-0.1, -0.05) is 47.5 Å². The maximum absolute atomic E-state index is 3.66. The molecule has 0 atom stereocenters. The first-order valence-corrected chi connectivity index (χ1v) is 6.85. The second kappa shape index (κ2) is 5.16. The molecule has 0 nitrogen and oxygen atoms in total. The summed E-state index contributed by atoms with van der Waals surface area (Å²) in [5, 5.41) is 0. The van der Waals surface area contributed by atoms with Crippen LogP contribution < -0.4 is 0 Å². The number of hydrogen-bond donors (Lipinski definition) is 0. The molecule has 0 amide bonds. The van der Waals surface area contributed by atoms with Gasteiger partial charge in [0.25, 0.3) is 0 Å². The van der Waals surface area contributed by atoms with Crippen molar-refractivity contribution >= 4 is 15.9 Å². The van der Waals surface area contributed by atoms with Crippen LogP contribution in [0.1, 0.15) is 50.5 Å². The standard InChI is InChI=1S/C14H19Br/c1-2-11-7-9-12(10-8-11)13-5-3-4-6-14(13)15/h3-6,11-12H,2,7-10H2,1H3. The Labute approximate surface area is 101 Å². The Morgan fingerprint density at radius 2 is 1.80 bits per heavy atom. The van der Waals surface area contributed by atoms with E-state index < -0.39 is 0 Å². The van der Waals surface area contributed by atoms with E-state index in [0.29, 0.717) is 0 Å².